The highest BCUT2D eigenvalue weighted by Crippen LogP contribution is 2.02. The number of hydrogen-bond acceptors (Lipinski definition) is 2. The molecule has 13 heavy (non-hydrogen) atoms. The van der Waals surface area contributed by atoms with Crippen molar-refractivity contribution in [3.63, 3.8) is 0 Å². The number of ether oxygens (including phenoxy) is 1. The van der Waals surface area contributed by atoms with Gasteiger partial charge in [0, 0.05) is 18.8 Å². The van der Waals surface area contributed by atoms with Gasteiger partial charge in [-0.3, -0.25) is 0 Å². The Hall–Kier alpha value is -1.09. The van der Waals surface area contributed by atoms with Gasteiger partial charge in [-0.2, -0.15) is 0 Å². The average molecular weight is 184 g/mol. The van der Waals surface area contributed by atoms with Crippen molar-refractivity contribution in [2.24, 2.45) is 0 Å². The maximum Gasteiger partial charge on any atom is 0.330 e. The highest BCUT2D eigenvalue weighted by molar-refractivity contribution is 5.85. The normalized spacial score (nSPS) is 9.54. The lowest BCUT2D eigenvalue weighted by atomic mass is 10.2. The van der Waals surface area contributed by atoms with Crippen LogP contribution in [0.25, 0.3) is 0 Å². The second kappa shape index (κ2) is 7.55. The van der Waals surface area contributed by atoms with Crippen LogP contribution < -0.4 is 0 Å². The topological polar surface area (TPSA) is 46.5 Å². The minimum absolute atomic E-state index is 0.243. The Bertz CT molecular complexity index is 185. The van der Waals surface area contributed by atoms with Crippen molar-refractivity contribution < 1.29 is 14.6 Å². The SMILES string of the molecule is C=CCCOCCCC(=C)C(=O)O. The van der Waals surface area contributed by atoms with Crippen LogP contribution in [-0.4, -0.2) is 24.3 Å². The summed E-state index contributed by atoms with van der Waals surface area (Å²) < 4.78 is 5.20. The quantitative estimate of drug-likeness (QED) is 0.356. The Morgan fingerprint density at radius 2 is 2.15 bits per heavy atom. The Balaban J connectivity index is 3.21. The first-order valence-corrected chi connectivity index (χ1v) is 4.28. The van der Waals surface area contributed by atoms with Crippen molar-refractivity contribution in [3.8, 4) is 0 Å². The monoisotopic (exact) mass is 184 g/mol. The van der Waals surface area contributed by atoms with Crippen LogP contribution in [0.4, 0.5) is 0 Å². The van der Waals surface area contributed by atoms with Gasteiger partial charge in [0.1, 0.15) is 0 Å². The highest BCUT2D eigenvalue weighted by Gasteiger charge is 2.02. The zero-order chi connectivity index (χ0) is 10.1. The summed E-state index contributed by atoms with van der Waals surface area (Å²) in [7, 11) is 0. The molecule has 0 atom stereocenters. The van der Waals surface area contributed by atoms with E-state index in [-0.39, 0.29) is 5.57 Å². The molecule has 0 saturated carbocycles. The van der Waals surface area contributed by atoms with Crippen molar-refractivity contribution >= 4 is 5.97 Å². The van der Waals surface area contributed by atoms with E-state index in [2.05, 4.69) is 13.2 Å². The molecule has 0 aliphatic carbocycles. The van der Waals surface area contributed by atoms with E-state index in [1.807, 2.05) is 0 Å². The van der Waals surface area contributed by atoms with Gasteiger partial charge in [-0.05, 0) is 19.3 Å². The molecule has 0 aromatic rings. The van der Waals surface area contributed by atoms with Gasteiger partial charge in [-0.15, -0.1) is 6.58 Å². The standard InChI is InChI=1S/C10H16O3/c1-3-4-7-13-8-5-6-9(2)10(11)12/h3H,1-2,4-8H2,(H,11,12). The fourth-order valence-corrected chi connectivity index (χ4v) is 0.763. The first kappa shape index (κ1) is 11.9. The molecule has 0 radical (unpaired) electrons. The lowest BCUT2D eigenvalue weighted by Gasteiger charge is -2.01. The van der Waals surface area contributed by atoms with Gasteiger partial charge in [0.15, 0.2) is 0 Å². The second-order valence-corrected chi connectivity index (χ2v) is 2.70. The van der Waals surface area contributed by atoms with Crippen molar-refractivity contribution in [2.45, 2.75) is 19.3 Å². The second-order valence-electron chi connectivity index (χ2n) is 2.70. The van der Waals surface area contributed by atoms with Crippen LogP contribution in [0.2, 0.25) is 0 Å². The van der Waals surface area contributed by atoms with Gasteiger partial charge in [0.2, 0.25) is 0 Å². The molecule has 0 bridgehead atoms. The predicted molar refractivity (Wildman–Crippen MR) is 51.6 cm³/mol. The summed E-state index contributed by atoms with van der Waals surface area (Å²) in [5.74, 6) is -0.925. The first-order chi connectivity index (χ1) is 6.18. The molecule has 0 aromatic heterocycles. The minimum Gasteiger partial charge on any atom is -0.478 e. The lowest BCUT2D eigenvalue weighted by Crippen LogP contribution is -2.01. The smallest absolute Gasteiger partial charge is 0.330 e. The number of carboxylic acids is 1. The van der Waals surface area contributed by atoms with Gasteiger partial charge in [-0.1, -0.05) is 12.7 Å². The molecule has 0 fully saturated rings. The number of rotatable bonds is 8. The molecule has 1 N–H and O–H groups in total. The van der Waals surface area contributed by atoms with Crippen molar-refractivity contribution in [3.05, 3.63) is 24.8 Å². The van der Waals surface area contributed by atoms with E-state index >= 15 is 0 Å². The van der Waals surface area contributed by atoms with Gasteiger partial charge in [0.25, 0.3) is 0 Å². The van der Waals surface area contributed by atoms with E-state index in [4.69, 9.17) is 9.84 Å². The third kappa shape index (κ3) is 7.28. The van der Waals surface area contributed by atoms with Crippen LogP contribution in [0.3, 0.4) is 0 Å². The van der Waals surface area contributed by atoms with Crippen LogP contribution in [0.5, 0.6) is 0 Å². The molecule has 3 heteroatoms. The number of hydrogen-bond donors (Lipinski definition) is 1. The Morgan fingerprint density at radius 3 is 2.69 bits per heavy atom. The van der Waals surface area contributed by atoms with Crippen LogP contribution in [0.15, 0.2) is 24.8 Å². The third-order valence-corrected chi connectivity index (χ3v) is 1.54. The van der Waals surface area contributed by atoms with E-state index < -0.39 is 5.97 Å². The van der Waals surface area contributed by atoms with Gasteiger partial charge in [-0.25, -0.2) is 4.79 Å². The lowest BCUT2D eigenvalue weighted by molar-refractivity contribution is -0.132. The van der Waals surface area contributed by atoms with Gasteiger partial charge < -0.3 is 9.84 Å². The fraction of sp³-hybridized carbons (Fsp3) is 0.500. The molecule has 0 unspecified atom stereocenters. The van der Waals surface area contributed by atoms with E-state index in [9.17, 15) is 4.79 Å². The summed E-state index contributed by atoms with van der Waals surface area (Å²) in [5, 5.41) is 8.47. The molecule has 0 amide bonds. The molecule has 0 rings (SSSR count). The molecule has 0 aliphatic heterocycles. The molecule has 3 nitrogen and oxygen atoms in total. The molecule has 0 saturated heterocycles. The molecular formula is C10H16O3. The van der Waals surface area contributed by atoms with Gasteiger partial charge >= 0.3 is 5.97 Å². The van der Waals surface area contributed by atoms with Crippen LogP contribution in [0.1, 0.15) is 19.3 Å². The molecule has 0 heterocycles. The average Bonchev–Trinajstić information content (AvgIpc) is 2.10. The Kier molecular flexibility index (Phi) is 6.92. The molecule has 0 spiro atoms. The highest BCUT2D eigenvalue weighted by atomic mass is 16.5. The van der Waals surface area contributed by atoms with Crippen LogP contribution >= 0.6 is 0 Å². The summed E-state index contributed by atoms with van der Waals surface area (Å²) in [6, 6.07) is 0. The van der Waals surface area contributed by atoms with Crippen molar-refractivity contribution in [2.75, 3.05) is 13.2 Å². The molecule has 0 aromatic carbocycles. The maximum absolute atomic E-state index is 10.3. The first-order valence-electron chi connectivity index (χ1n) is 4.28. The molecule has 0 aliphatic rings. The van der Waals surface area contributed by atoms with Crippen LogP contribution in [0, 0.1) is 0 Å². The largest absolute Gasteiger partial charge is 0.478 e. The number of aliphatic carboxylic acids is 1. The third-order valence-electron chi connectivity index (χ3n) is 1.54. The summed E-state index contributed by atoms with van der Waals surface area (Å²) in [6.07, 6.45) is 3.82. The zero-order valence-corrected chi connectivity index (χ0v) is 7.79. The summed E-state index contributed by atoms with van der Waals surface area (Å²) in [6.45, 7) is 8.21. The minimum atomic E-state index is -0.925. The summed E-state index contributed by atoms with van der Waals surface area (Å²) in [4.78, 5) is 10.3. The zero-order valence-electron chi connectivity index (χ0n) is 7.79. The van der Waals surface area contributed by atoms with Crippen molar-refractivity contribution in [1.82, 2.24) is 0 Å². The molecular weight excluding hydrogens is 168 g/mol. The van der Waals surface area contributed by atoms with E-state index in [1.54, 1.807) is 6.08 Å². The molecule has 74 valence electrons. The van der Waals surface area contributed by atoms with E-state index in [0.29, 0.717) is 26.1 Å². The van der Waals surface area contributed by atoms with Crippen LogP contribution in [-0.2, 0) is 9.53 Å². The number of carboxylic acid groups (broad SMARTS) is 1. The van der Waals surface area contributed by atoms with Crippen molar-refractivity contribution in [1.29, 1.82) is 0 Å². The fourth-order valence-electron chi connectivity index (χ4n) is 0.763. The van der Waals surface area contributed by atoms with E-state index in [0.717, 1.165) is 6.42 Å². The number of carbonyl (C=O) groups is 1. The maximum atomic E-state index is 10.3. The van der Waals surface area contributed by atoms with Gasteiger partial charge in [0.05, 0.1) is 0 Å². The Labute approximate surface area is 78.7 Å². The van der Waals surface area contributed by atoms with E-state index in [1.165, 1.54) is 0 Å². The Morgan fingerprint density at radius 1 is 1.46 bits per heavy atom. The summed E-state index contributed by atoms with van der Waals surface area (Å²) >= 11 is 0. The predicted octanol–water partition coefficient (Wildman–Crippen LogP) is 2.00. The summed E-state index contributed by atoms with van der Waals surface area (Å²) in [5.41, 5.74) is 0.243.